The van der Waals surface area contributed by atoms with Crippen LogP contribution >= 0.6 is 23.1 Å². The molecule has 1 heterocycles. The van der Waals surface area contributed by atoms with Crippen LogP contribution < -0.4 is 5.32 Å². The fourth-order valence-electron chi connectivity index (χ4n) is 2.51. The third kappa shape index (κ3) is 5.08. The number of nitrogens with one attached hydrogen (secondary N) is 1. The molecule has 0 aliphatic rings. The number of hydrogen-bond donors (Lipinski definition) is 1. The molecule has 3 rings (SSSR count). The van der Waals surface area contributed by atoms with E-state index in [0.29, 0.717) is 0 Å². The first kappa shape index (κ1) is 19.4. The first-order valence-electron chi connectivity index (χ1n) is 8.52. The summed E-state index contributed by atoms with van der Waals surface area (Å²) in [7, 11) is 1.64. The standard InChI is InChI=1S/C20H21N3O2S2/c1-13-8-9-14(2)16(10-13)21-18(24)11-23(3)19(25)12-26-20-22-15-6-4-5-7-17(15)27-20/h4-10H,11-12H2,1-3H3,(H,21,24). The van der Waals surface area contributed by atoms with Gasteiger partial charge in [-0.15, -0.1) is 11.3 Å². The van der Waals surface area contributed by atoms with Gasteiger partial charge in [0.05, 0.1) is 22.5 Å². The Bertz CT molecular complexity index is 951. The van der Waals surface area contributed by atoms with E-state index in [1.807, 2.05) is 56.3 Å². The van der Waals surface area contributed by atoms with Crippen molar-refractivity contribution in [2.45, 2.75) is 18.2 Å². The zero-order valence-electron chi connectivity index (χ0n) is 15.5. The minimum Gasteiger partial charge on any atom is -0.336 e. The molecule has 0 atom stereocenters. The van der Waals surface area contributed by atoms with E-state index in [2.05, 4.69) is 10.3 Å². The lowest BCUT2D eigenvalue weighted by molar-refractivity contribution is -0.131. The van der Waals surface area contributed by atoms with Gasteiger partial charge in [0.2, 0.25) is 11.8 Å². The summed E-state index contributed by atoms with van der Waals surface area (Å²) in [6.45, 7) is 3.94. The molecule has 3 aromatic rings. The Hall–Kier alpha value is -2.38. The minimum absolute atomic E-state index is 0.0205. The SMILES string of the molecule is Cc1ccc(C)c(NC(=O)CN(C)C(=O)CSc2nc3ccccc3s2)c1. The molecule has 2 amide bonds. The summed E-state index contributed by atoms with van der Waals surface area (Å²) in [6.07, 6.45) is 0. The molecule has 0 aliphatic carbocycles. The van der Waals surface area contributed by atoms with Gasteiger partial charge in [-0.25, -0.2) is 4.98 Å². The number of fused-ring (bicyclic) bond motifs is 1. The fraction of sp³-hybridized carbons (Fsp3) is 0.250. The van der Waals surface area contributed by atoms with E-state index < -0.39 is 0 Å². The number of carbonyl (C=O) groups excluding carboxylic acids is 2. The van der Waals surface area contributed by atoms with E-state index in [0.717, 1.165) is 31.4 Å². The first-order valence-corrected chi connectivity index (χ1v) is 10.3. The molecular weight excluding hydrogens is 378 g/mol. The van der Waals surface area contributed by atoms with Crippen LogP contribution in [0.1, 0.15) is 11.1 Å². The van der Waals surface area contributed by atoms with E-state index in [1.54, 1.807) is 18.4 Å². The molecule has 0 saturated carbocycles. The van der Waals surface area contributed by atoms with Crippen molar-refractivity contribution in [1.82, 2.24) is 9.88 Å². The number of carbonyl (C=O) groups is 2. The minimum atomic E-state index is -0.204. The number of aromatic nitrogens is 1. The molecule has 0 radical (unpaired) electrons. The summed E-state index contributed by atoms with van der Waals surface area (Å²) in [5, 5.41) is 2.88. The number of nitrogens with zero attached hydrogens (tertiary/aromatic N) is 2. The van der Waals surface area contributed by atoms with Crippen LogP contribution in [0.2, 0.25) is 0 Å². The molecule has 0 saturated heterocycles. The maximum atomic E-state index is 12.3. The average Bonchev–Trinajstić information content (AvgIpc) is 3.05. The van der Waals surface area contributed by atoms with Crippen LogP contribution in [0, 0.1) is 13.8 Å². The molecule has 140 valence electrons. The second-order valence-electron chi connectivity index (χ2n) is 6.35. The zero-order valence-corrected chi connectivity index (χ0v) is 17.1. The van der Waals surface area contributed by atoms with Gasteiger partial charge in [-0.1, -0.05) is 36.0 Å². The average molecular weight is 400 g/mol. The first-order chi connectivity index (χ1) is 12.9. The molecule has 0 spiro atoms. The van der Waals surface area contributed by atoms with Crippen molar-refractivity contribution in [3.8, 4) is 0 Å². The van der Waals surface area contributed by atoms with Crippen LogP contribution in [-0.4, -0.2) is 41.0 Å². The molecule has 1 aromatic heterocycles. The number of benzene rings is 2. The van der Waals surface area contributed by atoms with Gasteiger partial charge in [0, 0.05) is 12.7 Å². The van der Waals surface area contributed by atoms with Crippen molar-refractivity contribution in [2.24, 2.45) is 0 Å². The van der Waals surface area contributed by atoms with Gasteiger partial charge in [0.25, 0.3) is 0 Å². The van der Waals surface area contributed by atoms with Crippen LogP contribution in [0.25, 0.3) is 10.2 Å². The molecule has 1 N–H and O–H groups in total. The molecule has 5 nitrogen and oxygen atoms in total. The maximum absolute atomic E-state index is 12.3. The summed E-state index contributed by atoms with van der Waals surface area (Å²) in [4.78, 5) is 30.6. The second kappa shape index (κ2) is 8.54. The smallest absolute Gasteiger partial charge is 0.243 e. The summed E-state index contributed by atoms with van der Waals surface area (Å²) in [5.41, 5.74) is 3.80. The number of anilines is 1. The number of rotatable bonds is 6. The van der Waals surface area contributed by atoms with Crippen LogP contribution in [0.5, 0.6) is 0 Å². The Labute approximate surface area is 166 Å². The summed E-state index contributed by atoms with van der Waals surface area (Å²) < 4.78 is 1.96. The lowest BCUT2D eigenvalue weighted by Crippen LogP contribution is -2.36. The summed E-state index contributed by atoms with van der Waals surface area (Å²) >= 11 is 2.97. The van der Waals surface area contributed by atoms with E-state index in [-0.39, 0.29) is 24.1 Å². The van der Waals surface area contributed by atoms with E-state index >= 15 is 0 Å². The largest absolute Gasteiger partial charge is 0.336 e. The molecule has 0 bridgehead atoms. The van der Waals surface area contributed by atoms with Gasteiger partial charge in [0.15, 0.2) is 4.34 Å². The summed E-state index contributed by atoms with van der Waals surface area (Å²) in [6, 6.07) is 13.8. The van der Waals surface area contributed by atoms with Crippen LogP contribution in [0.3, 0.4) is 0 Å². The van der Waals surface area contributed by atoms with Crippen molar-refractivity contribution >= 4 is 50.8 Å². The van der Waals surface area contributed by atoms with Gasteiger partial charge in [-0.2, -0.15) is 0 Å². The molecule has 2 aromatic carbocycles. The quantitative estimate of drug-likeness (QED) is 0.634. The van der Waals surface area contributed by atoms with E-state index in [9.17, 15) is 9.59 Å². The number of thioether (sulfide) groups is 1. The number of thiazole rings is 1. The number of para-hydroxylation sites is 1. The van der Waals surface area contributed by atoms with Crippen LogP contribution in [0.4, 0.5) is 5.69 Å². The molecule has 0 unspecified atom stereocenters. The maximum Gasteiger partial charge on any atom is 0.243 e. The molecular formula is C20H21N3O2S2. The normalized spacial score (nSPS) is 10.8. The number of amides is 2. The van der Waals surface area contributed by atoms with Crippen molar-refractivity contribution < 1.29 is 9.59 Å². The second-order valence-corrected chi connectivity index (χ2v) is 8.61. The highest BCUT2D eigenvalue weighted by molar-refractivity contribution is 8.01. The number of hydrogen-bond acceptors (Lipinski definition) is 5. The zero-order chi connectivity index (χ0) is 19.4. The Morgan fingerprint density at radius 2 is 1.96 bits per heavy atom. The number of likely N-dealkylation sites (N-methyl/N-ethyl adjacent to an activating group) is 1. The van der Waals surface area contributed by atoms with E-state index in [4.69, 9.17) is 0 Å². The van der Waals surface area contributed by atoms with Crippen molar-refractivity contribution in [2.75, 3.05) is 24.7 Å². The van der Waals surface area contributed by atoms with Gasteiger partial charge in [-0.3, -0.25) is 9.59 Å². The van der Waals surface area contributed by atoms with Crippen molar-refractivity contribution in [3.63, 3.8) is 0 Å². The predicted octanol–water partition coefficient (Wildman–Crippen LogP) is 4.10. The Kier molecular flexibility index (Phi) is 6.13. The molecule has 0 fully saturated rings. The summed E-state index contributed by atoms with van der Waals surface area (Å²) in [5.74, 6) is -0.0486. The third-order valence-corrected chi connectivity index (χ3v) is 6.23. The van der Waals surface area contributed by atoms with Crippen molar-refractivity contribution in [1.29, 1.82) is 0 Å². The van der Waals surface area contributed by atoms with Gasteiger partial charge in [0.1, 0.15) is 0 Å². The highest BCUT2D eigenvalue weighted by Crippen LogP contribution is 2.29. The van der Waals surface area contributed by atoms with Crippen molar-refractivity contribution in [3.05, 3.63) is 53.6 Å². The lowest BCUT2D eigenvalue weighted by atomic mass is 10.1. The molecule has 7 heteroatoms. The molecule has 27 heavy (non-hydrogen) atoms. The number of aryl methyl sites for hydroxylation is 2. The highest BCUT2D eigenvalue weighted by atomic mass is 32.2. The Morgan fingerprint density at radius 1 is 1.19 bits per heavy atom. The fourth-order valence-corrected chi connectivity index (χ4v) is 4.52. The lowest BCUT2D eigenvalue weighted by Gasteiger charge is -2.17. The van der Waals surface area contributed by atoms with Gasteiger partial charge < -0.3 is 10.2 Å². The van der Waals surface area contributed by atoms with Crippen LogP contribution in [0.15, 0.2) is 46.8 Å². The predicted molar refractivity (Wildman–Crippen MR) is 113 cm³/mol. The van der Waals surface area contributed by atoms with E-state index in [1.165, 1.54) is 16.7 Å². The topological polar surface area (TPSA) is 62.3 Å². The van der Waals surface area contributed by atoms with Crippen LogP contribution in [-0.2, 0) is 9.59 Å². The Morgan fingerprint density at radius 3 is 2.74 bits per heavy atom. The highest BCUT2D eigenvalue weighted by Gasteiger charge is 2.15. The van der Waals surface area contributed by atoms with Gasteiger partial charge in [-0.05, 0) is 43.2 Å². The third-order valence-electron chi connectivity index (χ3n) is 4.07. The molecule has 0 aliphatic heterocycles. The monoisotopic (exact) mass is 399 g/mol. The van der Waals surface area contributed by atoms with Gasteiger partial charge >= 0.3 is 0 Å². The Balaban J connectivity index is 1.52.